The summed E-state index contributed by atoms with van der Waals surface area (Å²) in [4.78, 5) is 4.03. The van der Waals surface area contributed by atoms with Crippen LogP contribution in [-0.2, 0) is 0 Å². The molecule has 0 aromatic carbocycles. The van der Waals surface area contributed by atoms with E-state index in [9.17, 15) is 0 Å². The van der Waals surface area contributed by atoms with Crippen molar-refractivity contribution in [2.75, 3.05) is 24.2 Å². The van der Waals surface area contributed by atoms with Crippen LogP contribution in [0.1, 0.15) is 6.42 Å². The topological polar surface area (TPSA) is 71.2 Å². The number of nitrogens with one attached hydrogen (secondary N) is 1. The fourth-order valence-electron chi connectivity index (χ4n) is 0.805. The van der Waals surface area contributed by atoms with Crippen LogP contribution < -0.4 is 11.1 Å². The molecule has 1 rings (SSSR count). The van der Waals surface area contributed by atoms with Gasteiger partial charge in [0.2, 0.25) is 0 Å². The van der Waals surface area contributed by atoms with Crippen LogP contribution in [0, 0.1) is 0 Å². The predicted molar refractivity (Wildman–Crippen MR) is 48.8 cm³/mol. The zero-order chi connectivity index (χ0) is 8.81. The average molecular weight is 167 g/mol. The lowest BCUT2D eigenvalue weighted by atomic mass is 10.4. The van der Waals surface area contributed by atoms with Gasteiger partial charge in [-0.15, -0.1) is 0 Å². The van der Waals surface area contributed by atoms with Gasteiger partial charge in [-0.05, 0) is 18.6 Å². The predicted octanol–water partition coefficient (Wildman–Crippen LogP) is 0.458. The number of hydrogen-bond donors (Lipinski definition) is 3. The van der Waals surface area contributed by atoms with E-state index < -0.39 is 0 Å². The normalized spacial score (nSPS) is 9.75. The minimum absolute atomic E-state index is 0.196. The molecule has 1 heterocycles. The second-order valence-corrected chi connectivity index (χ2v) is 2.48. The van der Waals surface area contributed by atoms with Crippen molar-refractivity contribution in [3.8, 4) is 0 Å². The van der Waals surface area contributed by atoms with E-state index in [2.05, 4.69) is 10.3 Å². The summed E-state index contributed by atoms with van der Waals surface area (Å²) in [6, 6.07) is 3.60. The van der Waals surface area contributed by atoms with Crippen molar-refractivity contribution in [3.63, 3.8) is 0 Å². The molecule has 12 heavy (non-hydrogen) atoms. The van der Waals surface area contributed by atoms with Gasteiger partial charge in [-0.2, -0.15) is 0 Å². The second kappa shape index (κ2) is 4.56. The Kier molecular flexibility index (Phi) is 3.35. The Labute approximate surface area is 71.4 Å². The summed E-state index contributed by atoms with van der Waals surface area (Å²) in [7, 11) is 0. The third kappa shape index (κ3) is 2.75. The number of rotatable bonds is 4. The van der Waals surface area contributed by atoms with Gasteiger partial charge in [-0.1, -0.05) is 0 Å². The van der Waals surface area contributed by atoms with Crippen molar-refractivity contribution in [2.45, 2.75) is 6.42 Å². The van der Waals surface area contributed by atoms with Crippen LogP contribution in [0.5, 0.6) is 0 Å². The molecule has 0 unspecified atom stereocenters. The molecule has 0 spiro atoms. The van der Waals surface area contributed by atoms with Crippen LogP contribution >= 0.6 is 0 Å². The fraction of sp³-hybridized carbons (Fsp3) is 0.375. The summed E-state index contributed by atoms with van der Waals surface area (Å²) in [5, 5.41) is 11.6. The number of aromatic nitrogens is 1. The van der Waals surface area contributed by atoms with Gasteiger partial charge in [0.05, 0.1) is 11.9 Å². The molecule has 1 aromatic heterocycles. The number of pyridine rings is 1. The SMILES string of the molecule is Nc1ccc(NCCCO)nc1. The van der Waals surface area contributed by atoms with E-state index in [1.54, 1.807) is 12.3 Å². The summed E-state index contributed by atoms with van der Waals surface area (Å²) in [5.74, 6) is 0.789. The van der Waals surface area contributed by atoms with Gasteiger partial charge in [0.25, 0.3) is 0 Å². The number of nitrogen functional groups attached to an aromatic ring is 1. The number of anilines is 2. The Hall–Kier alpha value is -1.29. The molecule has 1 aromatic rings. The highest BCUT2D eigenvalue weighted by atomic mass is 16.3. The number of nitrogens with two attached hydrogens (primary N) is 1. The average Bonchev–Trinajstić information content (AvgIpc) is 2.09. The summed E-state index contributed by atoms with van der Waals surface area (Å²) in [5.41, 5.74) is 6.11. The van der Waals surface area contributed by atoms with Gasteiger partial charge >= 0.3 is 0 Å². The van der Waals surface area contributed by atoms with E-state index in [4.69, 9.17) is 10.8 Å². The Morgan fingerprint density at radius 3 is 2.92 bits per heavy atom. The van der Waals surface area contributed by atoms with Crippen LogP contribution in [0.3, 0.4) is 0 Å². The summed E-state index contributed by atoms with van der Waals surface area (Å²) in [6.45, 7) is 0.926. The molecular weight excluding hydrogens is 154 g/mol. The zero-order valence-corrected chi connectivity index (χ0v) is 6.83. The van der Waals surface area contributed by atoms with Crippen LogP contribution in [0.25, 0.3) is 0 Å². The molecule has 0 radical (unpaired) electrons. The Morgan fingerprint density at radius 2 is 2.33 bits per heavy atom. The number of aliphatic hydroxyl groups is 1. The van der Waals surface area contributed by atoms with E-state index in [0.717, 1.165) is 18.8 Å². The molecule has 4 nitrogen and oxygen atoms in total. The minimum atomic E-state index is 0.196. The molecule has 0 saturated heterocycles. The highest BCUT2D eigenvalue weighted by Crippen LogP contribution is 2.05. The molecule has 66 valence electrons. The highest BCUT2D eigenvalue weighted by molar-refractivity contribution is 5.43. The van der Waals surface area contributed by atoms with Gasteiger partial charge in [-0.25, -0.2) is 4.98 Å². The number of nitrogens with zero attached hydrogens (tertiary/aromatic N) is 1. The van der Waals surface area contributed by atoms with Crippen LogP contribution in [0.15, 0.2) is 18.3 Å². The summed E-state index contributed by atoms with van der Waals surface area (Å²) < 4.78 is 0. The monoisotopic (exact) mass is 167 g/mol. The van der Waals surface area contributed by atoms with Crippen LogP contribution in [0.4, 0.5) is 11.5 Å². The molecule has 0 saturated carbocycles. The third-order valence-corrected chi connectivity index (χ3v) is 1.43. The van der Waals surface area contributed by atoms with Crippen molar-refractivity contribution >= 4 is 11.5 Å². The van der Waals surface area contributed by atoms with Crippen molar-refractivity contribution < 1.29 is 5.11 Å². The molecule has 0 amide bonds. The van der Waals surface area contributed by atoms with Crippen molar-refractivity contribution in [1.82, 2.24) is 4.98 Å². The van der Waals surface area contributed by atoms with Gasteiger partial charge in [0.1, 0.15) is 5.82 Å². The molecule has 0 bridgehead atoms. The van der Waals surface area contributed by atoms with Crippen molar-refractivity contribution in [1.29, 1.82) is 0 Å². The second-order valence-electron chi connectivity index (χ2n) is 2.48. The summed E-state index contributed by atoms with van der Waals surface area (Å²) in [6.07, 6.45) is 2.33. The minimum Gasteiger partial charge on any atom is -0.397 e. The smallest absolute Gasteiger partial charge is 0.126 e. The molecule has 0 atom stereocenters. The molecule has 0 aliphatic heterocycles. The van der Waals surface area contributed by atoms with Gasteiger partial charge in [0, 0.05) is 13.2 Å². The van der Waals surface area contributed by atoms with Gasteiger partial charge < -0.3 is 16.2 Å². The maximum atomic E-state index is 8.51. The van der Waals surface area contributed by atoms with Gasteiger partial charge in [-0.3, -0.25) is 0 Å². The first kappa shape index (κ1) is 8.80. The van der Waals surface area contributed by atoms with E-state index in [1.165, 1.54) is 0 Å². The Morgan fingerprint density at radius 1 is 1.50 bits per heavy atom. The fourth-order valence-corrected chi connectivity index (χ4v) is 0.805. The first-order valence-electron chi connectivity index (χ1n) is 3.89. The van der Waals surface area contributed by atoms with Crippen molar-refractivity contribution in [3.05, 3.63) is 18.3 Å². The molecular formula is C8H13N3O. The van der Waals surface area contributed by atoms with E-state index in [1.807, 2.05) is 6.07 Å². The van der Waals surface area contributed by atoms with Crippen LogP contribution in [-0.4, -0.2) is 23.2 Å². The number of aliphatic hydroxyl groups excluding tert-OH is 1. The Balaban J connectivity index is 2.37. The van der Waals surface area contributed by atoms with Crippen molar-refractivity contribution in [2.24, 2.45) is 0 Å². The first-order chi connectivity index (χ1) is 5.83. The largest absolute Gasteiger partial charge is 0.397 e. The molecule has 4 heteroatoms. The lowest BCUT2D eigenvalue weighted by Crippen LogP contribution is -2.04. The lowest BCUT2D eigenvalue weighted by molar-refractivity contribution is 0.292. The number of hydrogen-bond acceptors (Lipinski definition) is 4. The van der Waals surface area contributed by atoms with Crippen LogP contribution in [0.2, 0.25) is 0 Å². The van der Waals surface area contributed by atoms with E-state index >= 15 is 0 Å². The third-order valence-electron chi connectivity index (χ3n) is 1.43. The molecule has 0 fully saturated rings. The maximum absolute atomic E-state index is 8.51. The van der Waals surface area contributed by atoms with E-state index in [0.29, 0.717) is 5.69 Å². The van der Waals surface area contributed by atoms with Gasteiger partial charge in [0.15, 0.2) is 0 Å². The van der Waals surface area contributed by atoms with E-state index in [-0.39, 0.29) is 6.61 Å². The maximum Gasteiger partial charge on any atom is 0.126 e. The Bertz CT molecular complexity index is 222. The summed E-state index contributed by atoms with van der Waals surface area (Å²) >= 11 is 0. The zero-order valence-electron chi connectivity index (χ0n) is 6.83. The molecule has 0 aliphatic rings. The molecule has 0 aliphatic carbocycles. The molecule has 4 N–H and O–H groups in total. The quantitative estimate of drug-likeness (QED) is 0.570. The highest BCUT2D eigenvalue weighted by Gasteiger charge is 1.91. The first-order valence-corrected chi connectivity index (χ1v) is 3.89. The standard InChI is InChI=1S/C8H13N3O/c9-7-2-3-8(11-6-7)10-4-1-5-12/h2-3,6,12H,1,4-5,9H2,(H,10,11). The lowest BCUT2D eigenvalue weighted by Gasteiger charge is -2.03.